The summed E-state index contributed by atoms with van der Waals surface area (Å²) in [6.07, 6.45) is 2.19. The normalized spacial score (nSPS) is 17.3. The molecule has 10 nitrogen and oxygen atoms in total. The third kappa shape index (κ3) is 9.17. The maximum atomic E-state index is 13.8. The highest BCUT2D eigenvalue weighted by atomic mass is 35.5. The molecule has 0 aliphatic carbocycles. The first-order chi connectivity index (χ1) is 20.3. The molecule has 2 aliphatic rings. The van der Waals surface area contributed by atoms with Crippen molar-refractivity contribution in [2.24, 2.45) is 11.3 Å². The Hall–Kier alpha value is -3.15. The number of hydrogen-bond acceptors (Lipinski definition) is 8. The van der Waals surface area contributed by atoms with Crippen molar-refractivity contribution in [3.63, 3.8) is 0 Å². The van der Waals surface area contributed by atoms with Crippen LogP contribution in [0.4, 0.5) is 5.69 Å². The van der Waals surface area contributed by atoms with E-state index in [1.54, 1.807) is 23.1 Å². The van der Waals surface area contributed by atoms with E-state index in [2.05, 4.69) is 23.9 Å². The number of rotatable bonds is 11. The van der Waals surface area contributed by atoms with Gasteiger partial charge >= 0.3 is 11.9 Å². The Bertz CT molecular complexity index is 1420. The molecule has 0 bridgehead atoms. The Kier molecular flexibility index (Phi) is 10.7. The molecule has 0 radical (unpaired) electrons. The highest BCUT2D eigenvalue weighted by Gasteiger charge is 2.36. The standard InChI is InChI=1S/C31H40ClN3O7S/c1-21(36)41-14-11-22-9-12-35(13-10-22)30(38)26(17-28(37)42-19-23-7-5-4-6-8-23)34-43(39,40)27-16-25(32)15-24-18-31(2,3)20-33-29(24)27/h4-8,15-16,22,26,33-34H,9-14,17-20H2,1-3H3/t26-/m0/s1. The number of piperidine rings is 1. The number of ether oxygens (including phenoxy) is 2. The lowest BCUT2D eigenvalue weighted by atomic mass is 9.82. The summed E-state index contributed by atoms with van der Waals surface area (Å²) in [5, 5.41) is 3.50. The van der Waals surface area contributed by atoms with Gasteiger partial charge in [0, 0.05) is 31.6 Å². The molecular formula is C31H40ClN3O7S. The predicted octanol–water partition coefficient (Wildman–Crippen LogP) is 4.31. The van der Waals surface area contributed by atoms with E-state index in [0.29, 0.717) is 57.6 Å². The Balaban J connectivity index is 1.51. The van der Waals surface area contributed by atoms with E-state index >= 15 is 0 Å². The Morgan fingerprint density at radius 2 is 1.81 bits per heavy atom. The lowest BCUT2D eigenvalue weighted by molar-refractivity contribution is -0.148. The van der Waals surface area contributed by atoms with Crippen molar-refractivity contribution in [1.82, 2.24) is 9.62 Å². The van der Waals surface area contributed by atoms with Gasteiger partial charge in [-0.2, -0.15) is 4.72 Å². The molecular weight excluding hydrogens is 594 g/mol. The maximum absolute atomic E-state index is 13.8. The number of anilines is 1. The summed E-state index contributed by atoms with van der Waals surface area (Å²) in [4.78, 5) is 39.3. The first-order valence-electron chi connectivity index (χ1n) is 14.5. The van der Waals surface area contributed by atoms with Gasteiger partial charge in [-0.05, 0) is 60.3 Å². The van der Waals surface area contributed by atoms with E-state index in [0.717, 1.165) is 11.1 Å². The fraction of sp³-hybridized carbons (Fsp3) is 0.516. The van der Waals surface area contributed by atoms with E-state index in [1.807, 2.05) is 18.2 Å². The van der Waals surface area contributed by atoms with Gasteiger partial charge in [0.2, 0.25) is 15.9 Å². The Morgan fingerprint density at radius 3 is 2.49 bits per heavy atom. The van der Waals surface area contributed by atoms with Crippen LogP contribution >= 0.6 is 11.6 Å². The summed E-state index contributed by atoms with van der Waals surface area (Å²) in [5.74, 6) is -1.26. The number of benzene rings is 2. The van der Waals surface area contributed by atoms with Gasteiger partial charge in [0.1, 0.15) is 17.5 Å². The quantitative estimate of drug-likeness (QED) is 0.350. The van der Waals surface area contributed by atoms with Gasteiger partial charge in [-0.25, -0.2) is 8.42 Å². The third-order valence-corrected chi connectivity index (χ3v) is 9.53. The minimum Gasteiger partial charge on any atom is -0.466 e. The van der Waals surface area contributed by atoms with Crippen LogP contribution in [0.15, 0.2) is 47.4 Å². The molecule has 2 aromatic carbocycles. The summed E-state index contributed by atoms with van der Waals surface area (Å²) in [6.45, 7) is 7.18. The second-order valence-corrected chi connectivity index (χ2v) is 14.2. The van der Waals surface area contributed by atoms with Crippen molar-refractivity contribution in [3.8, 4) is 0 Å². The van der Waals surface area contributed by atoms with Gasteiger partial charge in [-0.1, -0.05) is 55.8 Å². The van der Waals surface area contributed by atoms with Crippen LogP contribution in [0.2, 0.25) is 5.02 Å². The molecule has 1 amide bonds. The molecule has 12 heteroatoms. The molecule has 1 fully saturated rings. The van der Waals surface area contributed by atoms with E-state index < -0.39 is 34.4 Å². The molecule has 234 valence electrons. The summed E-state index contributed by atoms with van der Waals surface area (Å²) in [5.41, 5.74) is 1.89. The van der Waals surface area contributed by atoms with Gasteiger partial charge in [-0.15, -0.1) is 0 Å². The smallest absolute Gasteiger partial charge is 0.308 e. The summed E-state index contributed by atoms with van der Waals surface area (Å²) in [7, 11) is -4.29. The maximum Gasteiger partial charge on any atom is 0.308 e. The molecule has 2 N–H and O–H groups in total. The van der Waals surface area contributed by atoms with E-state index in [9.17, 15) is 22.8 Å². The number of carbonyl (C=O) groups excluding carboxylic acids is 3. The van der Waals surface area contributed by atoms with Gasteiger partial charge in [-0.3, -0.25) is 14.4 Å². The van der Waals surface area contributed by atoms with Gasteiger partial charge in [0.15, 0.2) is 0 Å². The van der Waals surface area contributed by atoms with E-state index in [-0.39, 0.29) is 33.8 Å². The number of hydrogen-bond donors (Lipinski definition) is 2. The molecule has 0 aromatic heterocycles. The van der Waals surface area contributed by atoms with Crippen molar-refractivity contribution >= 4 is 45.2 Å². The molecule has 43 heavy (non-hydrogen) atoms. The fourth-order valence-corrected chi connectivity index (χ4v) is 7.26. The highest BCUT2D eigenvalue weighted by molar-refractivity contribution is 7.89. The summed E-state index contributed by atoms with van der Waals surface area (Å²) in [6, 6.07) is 10.8. The summed E-state index contributed by atoms with van der Waals surface area (Å²) >= 11 is 6.36. The van der Waals surface area contributed by atoms with Crippen molar-refractivity contribution in [3.05, 3.63) is 58.6 Å². The molecule has 0 saturated carbocycles. The number of likely N-dealkylation sites (tertiary alicyclic amines) is 1. The minimum absolute atomic E-state index is 0.00255. The average Bonchev–Trinajstić information content (AvgIpc) is 2.95. The fourth-order valence-electron chi connectivity index (χ4n) is 5.52. The van der Waals surface area contributed by atoms with Crippen LogP contribution in [0.5, 0.6) is 0 Å². The number of fused-ring (bicyclic) bond motifs is 1. The minimum atomic E-state index is -4.29. The van der Waals surface area contributed by atoms with Crippen LogP contribution in [0.25, 0.3) is 0 Å². The number of nitrogens with zero attached hydrogens (tertiary/aromatic N) is 1. The van der Waals surface area contributed by atoms with Gasteiger partial charge < -0.3 is 19.7 Å². The summed E-state index contributed by atoms with van der Waals surface area (Å²) < 4.78 is 40.6. The van der Waals surface area contributed by atoms with Crippen LogP contribution in [-0.4, -0.2) is 63.4 Å². The largest absolute Gasteiger partial charge is 0.466 e. The zero-order valence-electron chi connectivity index (χ0n) is 24.9. The third-order valence-electron chi connectivity index (χ3n) is 7.82. The van der Waals surface area contributed by atoms with E-state index in [4.69, 9.17) is 21.1 Å². The van der Waals surface area contributed by atoms with Gasteiger partial charge in [0.05, 0.1) is 18.7 Å². The second kappa shape index (κ2) is 14.1. The van der Waals surface area contributed by atoms with Crippen molar-refractivity contribution in [2.45, 2.75) is 70.4 Å². The first kappa shape index (κ1) is 32.8. The number of nitrogens with one attached hydrogen (secondary N) is 2. The molecule has 0 unspecified atom stereocenters. The zero-order valence-corrected chi connectivity index (χ0v) is 26.4. The molecule has 1 saturated heterocycles. The van der Waals surface area contributed by atoms with Crippen molar-refractivity contribution < 1.29 is 32.3 Å². The van der Waals surface area contributed by atoms with Crippen LogP contribution in [0, 0.1) is 11.3 Å². The lowest BCUT2D eigenvalue weighted by Gasteiger charge is -2.35. The number of carbonyl (C=O) groups is 3. The van der Waals surface area contributed by atoms with Crippen LogP contribution in [0.1, 0.15) is 57.6 Å². The van der Waals surface area contributed by atoms with Gasteiger partial charge in [0.25, 0.3) is 0 Å². The number of esters is 2. The molecule has 2 aromatic rings. The lowest BCUT2D eigenvalue weighted by Crippen LogP contribution is -2.51. The van der Waals surface area contributed by atoms with Crippen LogP contribution in [0.3, 0.4) is 0 Å². The van der Waals surface area contributed by atoms with Crippen LogP contribution < -0.4 is 10.0 Å². The van der Waals surface area contributed by atoms with Crippen LogP contribution in [-0.2, 0) is 46.9 Å². The zero-order chi connectivity index (χ0) is 31.2. The SMILES string of the molecule is CC(=O)OCCC1CCN(C(=O)[C@H](CC(=O)OCc2ccccc2)NS(=O)(=O)c2cc(Cl)cc3c2NCC(C)(C)C3)CC1. The number of amides is 1. The predicted molar refractivity (Wildman–Crippen MR) is 163 cm³/mol. The number of halogens is 1. The molecule has 2 heterocycles. The topological polar surface area (TPSA) is 131 Å². The second-order valence-electron chi connectivity index (χ2n) is 12.1. The van der Waals surface area contributed by atoms with Crippen molar-refractivity contribution in [1.29, 1.82) is 0 Å². The molecule has 2 aliphatic heterocycles. The Morgan fingerprint density at radius 1 is 1.12 bits per heavy atom. The van der Waals surface area contributed by atoms with Crippen molar-refractivity contribution in [2.75, 3.05) is 31.6 Å². The Labute approximate surface area is 258 Å². The van der Waals surface area contributed by atoms with E-state index in [1.165, 1.54) is 13.0 Å². The first-order valence-corrected chi connectivity index (χ1v) is 16.4. The average molecular weight is 634 g/mol. The number of sulfonamides is 1. The highest BCUT2D eigenvalue weighted by Crippen LogP contribution is 2.38. The molecule has 0 spiro atoms. The molecule has 1 atom stereocenters. The monoisotopic (exact) mass is 633 g/mol. The molecule has 4 rings (SSSR count).